The predicted molar refractivity (Wildman–Crippen MR) is 431 cm³/mol. The van der Waals surface area contributed by atoms with Crippen molar-refractivity contribution in [1.82, 2.24) is 45.1 Å². The van der Waals surface area contributed by atoms with E-state index in [2.05, 4.69) is 34.8 Å². The van der Waals surface area contributed by atoms with Crippen molar-refractivity contribution in [2.24, 2.45) is 22.2 Å². The molecule has 0 radical (unpaired) electrons. The van der Waals surface area contributed by atoms with Crippen LogP contribution < -0.4 is 20.9 Å². The van der Waals surface area contributed by atoms with Crippen molar-refractivity contribution in [3.63, 3.8) is 0 Å². The van der Waals surface area contributed by atoms with Crippen LogP contribution in [0, 0.1) is 29.1 Å². The molecule has 8 aliphatic rings. The smallest absolute Gasteiger partial charge is 0.409 e. The van der Waals surface area contributed by atoms with E-state index in [4.69, 9.17) is 29.0 Å². The first-order valence-electron chi connectivity index (χ1n) is 39.5. The number of thiazole rings is 1. The Balaban J connectivity index is 0.637. The third-order valence-corrected chi connectivity index (χ3v) is 26.8. The van der Waals surface area contributed by atoms with Crippen LogP contribution in [0.15, 0.2) is 79.0 Å². The van der Waals surface area contributed by atoms with Crippen molar-refractivity contribution in [2.75, 3.05) is 68.7 Å². The maximum atomic E-state index is 14.1. The number of aliphatic carboxylic acids is 1. The number of rotatable bonds is 33. The van der Waals surface area contributed by atoms with Crippen LogP contribution in [0.25, 0.3) is 21.3 Å². The summed E-state index contributed by atoms with van der Waals surface area (Å²) < 4.78 is 59.1. The molecule has 36 heteroatoms. The Bertz CT molecular complexity index is 4990. The molecule has 9 N–H and O–H groups in total. The second kappa shape index (κ2) is 34.8. The van der Waals surface area contributed by atoms with Gasteiger partial charge < -0.3 is 69.8 Å². The van der Waals surface area contributed by atoms with Gasteiger partial charge in [-0.15, -0.1) is 0 Å². The van der Waals surface area contributed by atoms with Crippen LogP contribution in [0.5, 0.6) is 0 Å². The third kappa shape index (κ3) is 18.8. The highest BCUT2D eigenvalue weighted by Gasteiger charge is 2.66. The number of thioether (sulfide) groups is 1. The number of hydrogen-bond donors (Lipinski definition) is 9. The number of likely N-dealkylation sites (N-methyl/N-ethyl adjacent to an activating group) is 1. The summed E-state index contributed by atoms with van der Waals surface area (Å²) in [7, 11) is -2.83. The van der Waals surface area contributed by atoms with Crippen LogP contribution in [-0.2, 0) is 102 Å². The van der Waals surface area contributed by atoms with Crippen molar-refractivity contribution in [2.45, 2.75) is 204 Å². The number of aliphatic hydroxyl groups excluding tert-OH is 3. The molecule has 6 aromatic rings. The average molecular weight is 1690 g/mol. The number of aromatic nitrogens is 4. The molecule has 14 rings (SSSR count). The fourth-order valence-corrected chi connectivity index (χ4v) is 21.4. The standard InChI is InChI=1S/C82H101N11O22S3/c1-44(2)65(87-63(95)34-91-51(36-112-26-27-118(109,110)111)30-57(73(91)102)93-64(96)31-61(116-8)74(93)103)72(101)84-45(3)58(94)29-47-16-17-50(49(28-47)18-20-59-67(97)68(98)69(99)70(115-59)76(106)107)35-113-78(108)89(7)24-25-114-82-40-79(5)37-80(6,41-82)39-81(38-79,42-82)43-92-46(4)54(32-83-92)52-19-21-62(86-66(52)75(104)105)90-23-22-48-12-11-13-53(55(48)33-90)71(100)88-77-85-56-14-9-10-15-60(56)117-77/h9-17,19,21,28,32,44-45,51,57,59,61,65,67-70,97-99H,18,20,22-27,29-31,33-43H2,1-8H3,(H,84,101)(H,87,95)(H,104,105)(H,106,107)(H,85,88,100)(H,109,110,111)/t45-,51-,57-,59-,61?,65-,67-,68+,69-,70-,79?,80?,81?,82?/m0/s1. The number of amides is 7. The Morgan fingerprint density at radius 3 is 2.29 bits per heavy atom. The maximum Gasteiger partial charge on any atom is 0.409 e. The van der Waals surface area contributed by atoms with E-state index in [1.165, 1.54) is 23.2 Å². The largest absolute Gasteiger partial charge is 0.479 e. The van der Waals surface area contributed by atoms with Crippen molar-refractivity contribution < 1.29 is 105 Å². The molecule has 4 saturated carbocycles. The van der Waals surface area contributed by atoms with E-state index in [0.717, 1.165) is 87.1 Å². The lowest BCUT2D eigenvalue weighted by Gasteiger charge is -2.69. The Hall–Kier alpha value is -9.37. The number of hydrogen-bond acceptors (Lipinski definition) is 25. The number of aromatic carboxylic acids is 1. The van der Waals surface area contributed by atoms with Crippen molar-refractivity contribution in [3.05, 3.63) is 124 Å². The number of imide groups is 1. The first kappa shape index (κ1) is 86.5. The summed E-state index contributed by atoms with van der Waals surface area (Å²) >= 11 is 2.54. The van der Waals surface area contributed by atoms with Gasteiger partial charge in [0.25, 0.3) is 16.0 Å². The van der Waals surface area contributed by atoms with Crippen molar-refractivity contribution in [1.29, 1.82) is 0 Å². The molecular formula is C82H101N11O22S3. The number of benzene rings is 3. The van der Waals surface area contributed by atoms with Crippen LogP contribution in [0.4, 0.5) is 15.7 Å². The number of aliphatic hydroxyl groups is 3. The Labute approximate surface area is 690 Å². The molecule has 3 aromatic carbocycles. The van der Waals surface area contributed by atoms with Crippen molar-refractivity contribution >= 4 is 114 Å². The van der Waals surface area contributed by atoms with Gasteiger partial charge in [0, 0.05) is 68.5 Å². The number of ketones is 1. The van der Waals surface area contributed by atoms with Crippen LogP contribution in [0.1, 0.15) is 147 Å². The summed E-state index contributed by atoms with van der Waals surface area (Å²) in [6.45, 7) is 11.3. The molecule has 4 bridgehead atoms. The average Bonchev–Trinajstić information content (AvgIpc) is 0.711. The second-order valence-electron chi connectivity index (χ2n) is 33.9. The Kier molecular flexibility index (Phi) is 25.5. The molecular weight excluding hydrogens is 1590 g/mol. The first-order chi connectivity index (χ1) is 55.8. The summed E-state index contributed by atoms with van der Waals surface area (Å²) in [5.41, 5.74) is 5.27. The fraction of sp³-hybridized carbons (Fsp3) is 0.549. The number of nitrogens with one attached hydrogen (secondary N) is 3. The molecule has 7 fully saturated rings. The zero-order chi connectivity index (χ0) is 84.8. The second-order valence-corrected chi connectivity index (χ2v) is 37.5. The number of anilines is 2. The first-order valence-corrected chi connectivity index (χ1v) is 43.3. The number of carboxylic acids is 2. The number of carbonyl (C=O) groups is 10. The zero-order valence-electron chi connectivity index (χ0n) is 66.9. The molecule has 634 valence electrons. The van der Waals surface area contributed by atoms with Gasteiger partial charge in [0.15, 0.2) is 22.7 Å². The third-order valence-electron chi connectivity index (χ3n) is 24.2. The van der Waals surface area contributed by atoms with Gasteiger partial charge in [-0.1, -0.05) is 81.5 Å². The topological polar surface area (TPSA) is 456 Å². The summed E-state index contributed by atoms with van der Waals surface area (Å²) in [4.78, 5) is 150. The fourth-order valence-electron chi connectivity index (χ4n) is 19.6. The number of likely N-dealkylation sites (tertiary alicyclic amines) is 2. The number of ether oxygens (including phenoxy) is 4. The number of carboxylic acid groups (broad SMARTS) is 2. The van der Waals surface area contributed by atoms with Gasteiger partial charge in [0.05, 0.1) is 77.6 Å². The van der Waals surface area contributed by atoms with E-state index in [9.17, 15) is 86.4 Å². The number of para-hydroxylation sites is 1. The Morgan fingerprint density at radius 1 is 0.847 bits per heavy atom. The molecule has 33 nitrogen and oxygen atoms in total. The van der Waals surface area contributed by atoms with Crippen LogP contribution in [0.2, 0.25) is 0 Å². The number of nitrogens with zero attached hydrogens (tertiary/aromatic N) is 8. The summed E-state index contributed by atoms with van der Waals surface area (Å²) in [5, 5.41) is 65.8. The summed E-state index contributed by atoms with van der Waals surface area (Å²) in [6, 6.07) is 17.2. The van der Waals surface area contributed by atoms with E-state index in [-0.39, 0.29) is 86.3 Å². The van der Waals surface area contributed by atoms with Gasteiger partial charge >= 0.3 is 18.0 Å². The summed E-state index contributed by atoms with van der Waals surface area (Å²) in [6.07, 6.45) is -0.910. The molecule has 4 aliphatic carbocycles. The molecule has 7 heterocycles. The lowest BCUT2D eigenvalue weighted by Crippen LogP contribution is -2.64. The number of carbonyl (C=O) groups excluding carboxylic acids is 8. The molecule has 3 saturated heterocycles. The molecule has 3 unspecified atom stereocenters. The molecule has 3 aromatic heterocycles. The van der Waals surface area contributed by atoms with E-state index >= 15 is 0 Å². The molecule has 4 aliphatic heterocycles. The minimum atomic E-state index is -4.42. The molecule has 0 spiro atoms. The van der Waals surface area contributed by atoms with Gasteiger partial charge in [0.1, 0.15) is 42.8 Å². The van der Waals surface area contributed by atoms with E-state index in [1.807, 2.05) is 59.0 Å². The molecule has 7 amide bonds. The predicted octanol–water partition coefficient (Wildman–Crippen LogP) is 5.77. The number of aryl methyl sites for hydroxylation is 1. The van der Waals surface area contributed by atoms with E-state index in [1.54, 1.807) is 63.7 Å². The van der Waals surface area contributed by atoms with E-state index in [0.29, 0.717) is 70.4 Å². The Morgan fingerprint density at radius 2 is 1.59 bits per heavy atom. The van der Waals surface area contributed by atoms with Gasteiger partial charge in [-0.25, -0.2) is 24.4 Å². The number of fused-ring (bicyclic) bond motifs is 2. The molecule has 12 atom stereocenters. The van der Waals surface area contributed by atoms with Crippen molar-refractivity contribution in [3.8, 4) is 11.1 Å². The van der Waals surface area contributed by atoms with Crippen LogP contribution >= 0.6 is 23.1 Å². The van der Waals surface area contributed by atoms with Gasteiger partial charge in [-0.2, -0.15) is 25.3 Å². The lowest BCUT2D eigenvalue weighted by atomic mass is 9.39. The SMILES string of the molecule is CSC1CC(=O)N([C@H]2C[C@@H](COCCS(=O)(=O)O)N(CC(=O)N[C@H](C(=O)N[C@@H](C)C(=O)Cc3ccc(COC(=O)N(C)CCOC45CC6(C)CC(C)(CC(Cn7ncc(-c8ccc(N9CCc%10cccc(C(=O)Nc%11nc%12ccccc%12s%11)c%10C9)nc8C(=O)O)c7C)(C6)C4)C5)c(CC[C@@H]4O[C@H](C(=O)O)[C@@H](O)[C@H](O)[C@H]4O)c3)C(C)C)C2=O)C1=O. The van der Waals surface area contributed by atoms with Crippen LogP contribution in [0.3, 0.4) is 0 Å². The van der Waals surface area contributed by atoms with Gasteiger partial charge in [0.2, 0.25) is 29.5 Å². The maximum absolute atomic E-state index is 14.1. The minimum absolute atomic E-state index is 0.00532. The monoisotopic (exact) mass is 1690 g/mol. The summed E-state index contributed by atoms with van der Waals surface area (Å²) in [5.74, 6) is -7.94. The minimum Gasteiger partial charge on any atom is -0.479 e. The molecule has 118 heavy (non-hydrogen) atoms. The van der Waals surface area contributed by atoms with Gasteiger partial charge in [-0.05, 0) is 165 Å². The number of pyridine rings is 1. The van der Waals surface area contributed by atoms with Gasteiger partial charge in [-0.3, -0.25) is 53.0 Å². The van der Waals surface area contributed by atoms with Crippen LogP contribution in [-0.4, -0.2) is 256 Å². The zero-order valence-corrected chi connectivity index (χ0v) is 69.4. The highest BCUT2D eigenvalue weighted by molar-refractivity contribution is 8.00. The van der Waals surface area contributed by atoms with E-state index < -0.39 is 154 Å². The quantitative estimate of drug-likeness (QED) is 0.0134. The highest BCUT2D eigenvalue weighted by atomic mass is 32.2. The lowest BCUT2D eigenvalue weighted by molar-refractivity contribution is -0.248. The normalized spacial score (nSPS) is 26.6. The number of Topliss-reactive ketones (excluding diaryl/α,β-unsaturated/α-hetero) is 1. The highest BCUT2D eigenvalue weighted by Crippen LogP contribution is 2.72.